The molecule has 0 spiro atoms. The van der Waals surface area contributed by atoms with Gasteiger partial charge in [0.15, 0.2) is 0 Å². The third-order valence-electron chi connectivity index (χ3n) is 3.74. The first kappa shape index (κ1) is 12.4. The van der Waals surface area contributed by atoms with Gasteiger partial charge in [-0.05, 0) is 11.6 Å². The highest BCUT2D eigenvalue weighted by Gasteiger charge is 2.23. The molecule has 2 aliphatic rings. The van der Waals surface area contributed by atoms with Crippen molar-refractivity contribution in [1.29, 1.82) is 0 Å². The lowest BCUT2D eigenvalue weighted by Gasteiger charge is -2.29. The maximum absolute atomic E-state index is 11.8. The van der Waals surface area contributed by atoms with Gasteiger partial charge in [0.2, 0.25) is 0 Å². The molecule has 1 aromatic carbocycles. The van der Waals surface area contributed by atoms with Gasteiger partial charge in [0.25, 0.3) is 0 Å². The summed E-state index contributed by atoms with van der Waals surface area (Å²) < 4.78 is 0. The van der Waals surface area contributed by atoms with Crippen LogP contribution in [0.25, 0.3) is 0 Å². The fourth-order valence-electron chi connectivity index (χ4n) is 2.72. The number of amides is 2. The van der Waals surface area contributed by atoms with Crippen molar-refractivity contribution in [3.8, 4) is 0 Å². The third-order valence-corrected chi connectivity index (χ3v) is 3.74. The second kappa shape index (κ2) is 5.59. The summed E-state index contributed by atoms with van der Waals surface area (Å²) in [5.41, 5.74) is 2.29. The van der Waals surface area contributed by atoms with Crippen molar-refractivity contribution in [2.24, 2.45) is 0 Å². The van der Waals surface area contributed by atoms with Gasteiger partial charge in [-0.3, -0.25) is 9.80 Å². The molecule has 5 heteroatoms. The number of nitrogens with zero attached hydrogens (tertiary/aromatic N) is 2. The van der Waals surface area contributed by atoms with Gasteiger partial charge in [-0.25, -0.2) is 4.79 Å². The molecule has 0 saturated carbocycles. The molecule has 5 nitrogen and oxygen atoms in total. The molecule has 2 amide bonds. The summed E-state index contributed by atoms with van der Waals surface area (Å²) in [6, 6.07) is 8.25. The zero-order chi connectivity index (χ0) is 13.1. The Kier molecular flexibility index (Phi) is 3.66. The van der Waals surface area contributed by atoms with E-state index in [1.54, 1.807) is 0 Å². The van der Waals surface area contributed by atoms with Crippen molar-refractivity contribution in [3.05, 3.63) is 29.8 Å². The third kappa shape index (κ3) is 2.72. The summed E-state index contributed by atoms with van der Waals surface area (Å²) >= 11 is 0. The summed E-state index contributed by atoms with van der Waals surface area (Å²) in [7, 11) is 0. The molecule has 2 N–H and O–H groups in total. The Morgan fingerprint density at radius 1 is 1.05 bits per heavy atom. The Labute approximate surface area is 113 Å². The zero-order valence-corrected chi connectivity index (χ0v) is 11.1. The summed E-state index contributed by atoms with van der Waals surface area (Å²) in [6.45, 7) is 6.65. The van der Waals surface area contributed by atoms with Crippen LogP contribution in [0.4, 0.5) is 10.5 Å². The molecule has 0 unspecified atom stereocenters. The maximum atomic E-state index is 11.8. The molecule has 0 aliphatic carbocycles. The SMILES string of the molecule is O=C1NCCN1c1ccccc1CN1CCNCC1. The van der Waals surface area contributed by atoms with Gasteiger partial charge in [-0.1, -0.05) is 18.2 Å². The monoisotopic (exact) mass is 260 g/mol. The maximum Gasteiger partial charge on any atom is 0.322 e. The Bertz CT molecular complexity index is 457. The van der Waals surface area contributed by atoms with E-state index in [0.717, 1.165) is 51.5 Å². The minimum absolute atomic E-state index is 0.0211. The van der Waals surface area contributed by atoms with Crippen molar-refractivity contribution in [2.45, 2.75) is 6.54 Å². The van der Waals surface area contributed by atoms with Crippen LogP contribution in [0.2, 0.25) is 0 Å². The molecular weight excluding hydrogens is 240 g/mol. The first-order valence-electron chi connectivity index (χ1n) is 6.91. The molecule has 2 saturated heterocycles. The van der Waals surface area contributed by atoms with Crippen LogP contribution in [-0.2, 0) is 6.54 Å². The Hall–Kier alpha value is -1.59. The Balaban J connectivity index is 1.78. The van der Waals surface area contributed by atoms with Crippen LogP contribution in [0, 0.1) is 0 Å². The number of piperazine rings is 1. The van der Waals surface area contributed by atoms with Crippen LogP contribution in [0.15, 0.2) is 24.3 Å². The lowest BCUT2D eigenvalue weighted by atomic mass is 10.1. The standard InChI is InChI=1S/C14H20N4O/c19-14-16-7-10-18(14)13-4-2-1-3-12(13)11-17-8-5-15-6-9-17/h1-4,15H,5-11H2,(H,16,19). The number of hydrogen-bond acceptors (Lipinski definition) is 3. The first-order valence-corrected chi connectivity index (χ1v) is 6.91. The number of para-hydroxylation sites is 1. The number of urea groups is 1. The highest BCUT2D eigenvalue weighted by molar-refractivity contribution is 5.94. The number of carbonyl (C=O) groups is 1. The normalized spacial score (nSPS) is 20.6. The van der Waals surface area contributed by atoms with Gasteiger partial charge >= 0.3 is 6.03 Å². The molecule has 0 bridgehead atoms. The van der Waals surface area contributed by atoms with Crippen molar-refractivity contribution >= 4 is 11.7 Å². The van der Waals surface area contributed by atoms with Gasteiger partial charge in [0.05, 0.1) is 0 Å². The van der Waals surface area contributed by atoms with Crippen LogP contribution in [-0.4, -0.2) is 50.2 Å². The zero-order valence-electron chi connectivity index (χ0n) is 11.1. The number of carbonyl (C=O) groups excluding carboxylic acids is 1. The number of hydrogen-bond donors (Lipinski definition) is 2. The summed E-state index contributed by atoms with van der Waals surface area (Å²) in [5.74, 6) is 0. The van der Waals surface area contributed by atoms with Gasteiger partial charge in [-0.15, -0.1) is 0 Å². The van der Waals surface area contributed by atoms with Gasteiger partial charge in [0.1, 0.15) is 0 Å². The van der Waals surface area contributed by atoms with E-state index in [0.29, 0.717) is 0 Å². The van der Waals surface area contributed by atoms with Crippen LogP contribution in [0.5, 0.6) is 0 Å². The molecule has 2 heterocycles. The molecule has 0 aromatic heterocycles. The second-order valence-corrected chi connectivity index (χ2v) is 5.04. The van der Waals surface area contributed by atoms with E-state index in [1.165, 1.54) is 5.56 Å². The van der Waals surface area contributed by atoms with E-state index in [1.807, 2.05) is 17.0 Å². The lowest BCUT2D eigenvalue weighted by molar-refractivity contribution is 0.233. The Morgan fingerprint density at radius 2 is 1.84 bits per heavy atom. The van der Waals surface area contributed by atoms with E-state index in [9.17, 15) is 4.79 Å². The van der Waals surface area contributed by atoms with Crippen molar-refractivity contribution in [3.63, 3.8) is 0 Å². The predicted molar refractivity (Wildman–Crippen MR) is 75.3 cm³/mol. The van der Waals surface area contributed by atoms with Crippen molar-refractivity contribution in [1.82, 2.24) is 15.5 Å². The fourth-order valence-corrected chi connectivity index (χ4v) is 2.72. The van der Waals surface area contributed by atoms with E-state index >= 15 is 0 Å². The number of benzene rings is 1. The fraction of sp³-hybridized carbons (Fsp3) is 0.500. The first-order chi connectivity index (χ1) is 9.34. The van der Waals surface area contributed by atoms with E-state index in [2.05, 4.69) is 27.7 Å². The topological polar surface area (TPSA) is 47.6 Å². The van der Waals surface area contributed by atoms with Crippen LogP contribution in [0.1, 0.15) is 5.56 Å². The van der Waals surface area contributed by atoms with E-state index in [-0.39, 0.29) is 6.03 Å². The Morgan fingerprint density at radius 3 is 2.58 bits per heavy atom. The molecule has 2 aliphatic heterocycles. The molecule has 19 heavy (non-hydrogen) atoms. The molecule has 2 fully saturated rings. The van der Waals surface area contributed by atoms with Crippen molar-refractivity contribution in [2.75, 3.05) is 44.2 Å². The van der Waals surface area contributed by atoms with E-state index in [4.69, 9.17) is 0 Å². The molecule has 3 rings (SSSR count). The molecule has 1 aromatic rings. The smallest absolute Gasteiger partial charge is 0.322 e. The van der Waals surface area contributed by atoms with Crippen LogP contribution >= 0.6 is 0 Å². The highest BCUT2D eigenvalue weighted by Crippen LogP contribution is 2.23. The number of anilines is 1. The molecular formula is C14H20N4O. The van der Waals surface area contributed by atoms with Gasteiger partial charge < -0.3 is 10.6 Å². The minimum Gasteiger partial charge on any atom is -0.336 e. The summed E-state index contributed by atoms with van der Waals surface area (Å²) in [5, 5.41) is 6.22. The average molecular weight is 260 g/mol. The predicted octanol–water partition coefficient (Wildman–Crippen LogP) is 0.621. The lowest BCUT2D eigenvalue weighted by Crippen LogP contribution is -2.43. The van der Waals surface area contributed by atoms with Crippen LogP contribution < -0.4 is 15.5 Å². The van der Waals surface area contributed by atoms with Gasteiger partial charge in [0, 0.05) is 51.5 Å². The quantitative estimate of drug-likeness (QED) is 0.837. The number of rotatable bonds is 3. The average Bonchev–Trinajstić information content (AvgIpc) is 2.87. The number of nitrogens with one attached hydrogen (secondary N) is 2. The largest absolute Gasteiger partial charge is 0.336 e. The highest BCUT2D eigenvalue weighted by atomic mass is 16.2. The molecule has 0 radical (unpaired) electrons. The van der Waals surface area contributed by atoms with Crippen molar-refractivity contribution < 1.29 is 4.79 Å². The molecule has 0 atom stereocenters. The van der Waals surface area contributed by atoms with E-state index < -0.39 is 0 Å². The van der Waals surface area contributed by atoms with Crippen LogP contribution in [0.3, 0.4) is 0 Å². The minimum atomic E-state index is 0.0211. The summed E-state index contributed by atoms with van der Waals surface area (Å²) in [4.78, 5) is 16.1. The van der Waals surface area contributed by atoms with Gasteiger partial charge in [-0.2, -0.15) is 0 Å². The second-order valence-electron chi connectivity index (χ2n) is 5.04. The summed E-state index contributed by atoms with van der Waals surface area (Å²) in [6.07, 6.45) is 0. The molecule has 102 valence electrons.